The van der Waals surface area contributed by atoms with E-state index in [1.165, 1.54) is 11.3 Å². The van der Waals surface area contributed by atoms with Gasteiger partial charge in [0.25, 0.3) is 0 Å². The molecule has 5 rings (SSSR count). The van der Waals surface area contributed by atoms with Gasteiger partial charge in [-0.15, -0.1) is 0 Å². The van der Waals surface area contributed by atoms with Crippen molar-refractivity contribution in [2.75, 3.05) is 5.73 Å². The number of aromatic nitrogens is 3. The Balaban J connectivity index is 1.59. The van der Waals surface area contributed by atoms with Gasteiger partial charge < -0.3 is 15.0 Å². The topological polar surface area (TPSA) is 66.0 Å². The molecule has 1 aliphatic rings. The Morgan fingerprint density at radius 1 is 0.885 bits per heavy atom. The fourth-order valence-corrected chi connectivity index (χ4v) is 3.77. The van der Waals surface area contributed by atoms with Gasteiger partial charge in [-0.05, 0) is 61.2 Å². The SMILES string of the molecule is Nc1ncnc2c3c(n(-c4ccc(Oc5ccccc5)cc4)c12)CCC3. The molecule has 1 aliphatic carbocycles. The number of nitrogens with zero attached hydrogens (tertiary/aromatic N) is 3. The maximum Gasteiger partial charge on any atom is 0.151 e. The summed E-state index contributed by atoms with van der Waals surface area (Å²) in [6, 6.07) is 17.9. The zero-order valence-electron chi connectivity index (χ0n) is 14.2. The molecule has 2 heterocycles. The molecule has 5 nitrogen and oxygen atoms in total. The zero-order chi connectivity index (χ0) is 17.5. The van der Waals surface area contributed by atoms with Crippen molar-refractivity contribution in [1.82, 2.24) is 14.5 Å². The number of hydrogen-bond donors (Lipinski definition) is 1. The van der Waals surface area contributed by atoms with E-state index in [0.717, 1.165) is 47.5 Å². The van der Waals surface area contributed by atoms with Crippen LogP contribution in [0, 0.1) is 0 Å². The largest absolute Gasteiger partial charge is 0.457 e. The molecule has 0 atom stereocenters. The summed E-state index contributed by atoms with van der Waals surface area (Å²) in [6.07, 6.45) is 4.79. The van der Waals surface area contributed by atoms with E-state index >= 15 is 0 Å². The van der Waals surface area contributed by atoms with Crippen LogP contribution < -0.4 is 10.5 Å². The van der Waals surface area contributed by atoms with Crippen LogP contribution in [-0.2, 0) is 12.8 Å². The molecule has 0 saturated heterocycles. The molecule has 2 aromatic heterocycles. The number of ether oxygens (including phenoxy) is 1. The van der Waals surface area contributed by atoms with E-state index in [9.17, 15) is 0 Å². The first-order valence-corrected chi connectivity index (χ1v) is 8.77. The van der Waals surface area contributed by atoms with Crippen molar-refractivity contribution in [1.29, 1.82) is 0 Å². The van der Waals surface area contributed by atoms with E-state index in [0.29, 0.717) is 5.82 Å². The maximum absolute atomic E-state index is 6.19. The average Bonchev–Trinajstić information content (AvgIpc) is 3.25. The van der Waals surface area contributed by atoms with E-state index < -0.39 is 0 Å². The van der Waals surface area contributed by atoms with Crippen LogP contribution in [0.2, 0.25) is 0 Å². The second-order valence-electron chi connectivity index (χ2n) is 6.48. The highest BCUT2D eigenvalue weighted by atomic mass is 16.5. The molecule has 0 spiro atoms. The monoisotopic (exact) mass is 342 g/mol. The first-order valence-electron chi connectivity index (χ1n) is 8.77. The summed E-state index contributed by atoms with van der Waals surface area (Å²) in [4.78, 5) is 8.70. The Kier molecular flexibility index (Phi) is 3.38. The molecule has 0 aliphatic heterocycles. The van der Waals surface area contributed by atoms with Gasteiger partial charge >= 0.3 is 0 Å². The number of rotatable bonds is 3. The van der Waals surface area contributed by atoms with Gasteiger partial charge in [0, 0.05) is 11.4 Å². The molecule has 2 aromatic carbocycles. The minimum atomic E-state index is 0.522. The first-order chi connectivity index (χ1) is 12.8. The number of benzene rings is 2. The van der Waals surface area contributed by atoms with Gasteiger partial charge in [0.15, 0.2) is 5.82 Å². The van der Waals surface area contributed by atoms with Crippen molar-refractivity contribution >= 4 is 16.9 Å². The van der Waals surface area contributed by atoms with Gasteiger partial charge in [0.1, 0.15) is 23.3 Å². The lowest BCUT2D eigenvalue weighted by molar-refractivity contribution is 0.482. The Morgan fingerprint density at radius 2 is 1.65 bits per heavy atom. The number of nitrogens with two attached hydrogens (primary N) is 1. The van der Waals surface area contributed by atoms with E-state index in [4.69, 9.17) is 10.5 Å². The first kappa shape index (κ1) is 15.0. The predicted octanol–water partition coefficient (Wildman–Crippen LogP) is 4.28. The number of aryl methyl sites for hydroxylation is 1. The summed E-state index contributed by atoms with van der Waals surface area (Å²) in [5.41, 5.74) is 11.7. The zero-order valence-corrected chi connectivity index (χ0v) is 14.2. The molecule has 0 amide bonds. The summed E-state index contributed by atoms with van der Waals surface area (Å²) in [7, 11) is 0. The second-order valence-corrected chi connectivity index (χ2v) is 6.48. The predicted molar refractivity (Wildman–Crippen MR) is 102 cm³/mol. The van der Waals surface area contributed by atoms with E-state index in [1.807, 2.05) is 42.5 Å². The van der Waals surface area contributed by atoms with Gasteiger partial charge in [-0.2, -0.15) is 0 Å². The van der Waals surface area contributed by atoms with Crippen LogP contribution in [0.3, 0.4) is 0 Å². The molecule has 2 N–H and O–H groups in total. The molecule has 0 fully saturated rings. The van der Waals surface area contributed by atoms with Crippen LogP contribution in [0.5, 0.6) is 11.5 Å². The van der Waals surface area contributed by atoms with Crippen molar-refractivity contribution in [3.05, 3.63) is 72.2 Å². The fourth-order valence-electron chi connectivity index (χ4n) is 3.77. The smallest absolute Gasteiger partial charge is 0.151 e. The van der Waals surface area contributed by atoms with Crippen LogP contribution in [0.1, 0.15) is 17.7 Å². The summed E-state index contributed by atoms with van der Waals surface area (Å²) in [6.45, 7) is 0. The number of nitrogen functional groups attached to an aromatic ring is 1. The third-order valence-electron chi connectivity index (χ3n) is 4.89. The Morgan fingerprint density at radius 3 is 2.46 bits per heavy atom. The van der Waals surface area contributed by atoms with Crippen molar-refractivity contribution in [3.63, 3.8) is 0 Å². The highest BCUT2D eigenvalue weighted by Crippen LogP contribution is 2.36. The molecule has 128 valence electrons. The number of para-hydroxylation sites is 1. The van der Waals surface area contributed by atoms with Crippen LogP contribution in [0.15, 0.2) is 60.9 Å². The average molecular weight is 342 g/mol. The van der Waals surface area contributed by atoms with Crippen LogP contribution in [0.25, 0.3) is 16.7 Å². The quantitative estimate of drug-likeness (QED) is 0.603. The number of hydrogen-bond acceptors (Lipinski definition) is 4. The number of fused-ring (bicyclic) bond motifs is 3. The Labute approximate surface area is 151 Å². The second kappa shape index (κ2) is 5.88. The van der Waals surface area contributed by atoms with Crippen LogP contribution in [-0.4, -0.2) is 14.5 Å². The molecule has 0 unspecified atom stereocenters. The maximum atomic E-state index is 6.19. The van der Waals surface area contributed by atoms with Crippen LogP contribution >= 0.6 is 0 Å². The molecular formula is C21H18N4O. The standard InChI is InChI=1S/C21H18N4O/c22-21-20-19(23-13-24-21)17-7-4-8-18(17)25(20)14-9-11-16(12-10-14)26-15-5-2-1-3-6-15/h1-3,5-6,9-13H,4,7-8H2,(H2,22,23,24). The van der Waals surface area contributed by atoms with Gasteiger partial charge in [-0.1, -0.05) is 18.2 Å². The minimum absolute atomic E-state index is 0.522. The molecule has 5 heteroatoms. The lowest BCUT2D eigenvalue weighted by Crippen LogP contribution is -2.02. The number of anilines is 1. The van der Waals surface area contributed by atoms with Crippen molar-refractivity contribution in [2.45, 2.75) is 19.3 Å². The highest BCUT2D eigenvalue weighted by Gasteiger charge is 2.24. The summed E-state index contributed by atoms with van der Waals surface area (Å²) < 4.78 is 8.10. The van der Waals surface area contributed by atoms with Crippen molar-refractivity contribution in [3.8, 4) is 17.2 Å². The summed E-state index contributed by atoms with van der Waals surface area (Å²) >= 11 is 0. The third-order valence-corrected chi connectivity index (χ3v) is 4.89. The third kappa shape index (κ3) is 2.32. The lowest BCUT2D eigenvalue weighted by Gasteiger charge is -2.12. The van der Waals surface area contributed by atoms with E-state index in [2.05, 4.69) is 26.7 Å². The van der Waals surface area contributed by atoms with E-state index in [-0.39, 0.29) is 0 Å². The van der Waals surface area contributed by atoms with Gasteiger partial charge in [-0.3, -0.25) is 0 Å². The molecule has 4 aromatic rings. The van der Waals surface area contributed by atoms with E-state index in [1.54, 1.807) is 6.33 Å². The highest BCUT2D eigenvalue weighted by molar-refractivity contribution is 5.91. The van der Waals surface area contributed by atoms with Gasteiger partial charge in [0.2, 0.25) is 0 Å². The van der Waals surface area contributed by atoms with Crippen molar-refractivity contribution in [2.24, 2.45) is 0 Å². The minimum Gasteiger partial charge on any atom is -0.457 e. The molecular weight excluding hydrogens is 324 g/mol. The van der Waals surface area contributed by atoms with Gasteiger partial charge in [-0.25, -0.2) is 9.97 Å². The summed E-state index contributed by atoms with van der Waals surface area (Å²) in [5, 5.41) is 0. The normalized spacial score (nSPS) is 13.1. The Hall–Kier alpha value is -3.34. The van der Waals surface area contributed by atoms with Crippen molar-refractivity contribution < 1.29 is 4.74 Å². The fraction of sp³-hybridized carbons (Fsp3) is 0.143. The van der Waals surface area contributed by atoms with Crippen LogP contribution in [0.4, 0.5) is 5.82 Å². The van der Waals surface area contributed by atoms with Gasteiger partial charge in [0.05, 0.1) is 5.52 Å². The Bertz CT molecular complexity index is 1080. The molecule has 0 bridgehead atoms. The molecule has 0 radical (unpaired) electrons. The molecule has 0 saturated carbocycles. The lowest BCUT2D eigenvalue weighted by atomic mass is 10.2. The summed E-state index contributed by atoms with van der Waals surface area (Å²) in [5.74, 6) is 2.15. The molecule has 26 heavy (non-hydrogen) atoms.